The number of pyridine rings is 2. The monoisotopic (exact) mass is 302 g/mol. The highest BCUT2D eigenvalue weighted by atomic mass is 16.5. The van der Waals surface area contributed by atoms with Crippen molar-refractivity contribution in [3.05, 3.63) is 67.0 Å². The van der Waals surface area contributed by atoms with Crippen molar-refractivity contribution in [1.29, 1.82) is 0 Å². The molecule has 0 aliphatic carbocycles. The first-order valence-corrected chi connectivity index (χ1v) is 7.29. The van der Waals surface area contributed by atoms with E-state index >= 15 is 0 Å². The van der Waals surface area contributed by atoms with Gasteiger partial charge in [-0.1, -0.05) is 18.2 Å². The van der Waals surface area contributed by atoms with Crippen LogP contribution in [0.15, 0.2) is 67.0 Å². The van der Waals surface area contributed by atoms with Crippen molar-refractivity contribution in [2.75, 3.05) is 7.11 Å². The largest absolute Gasteiger partial charge is 0.497 e. The number of nitrogens with zero attached hydrogens (tertiary/aromatic N) is 2. The highest BCUT2D eigenvalue weighted by Gasteiger charge is 2.09. The molecule has 2 heterocycles. The Morgan fingerprint density at radius 3 is 2.65 bits per heavy atom. The Balaban J connectivity index is 1.86. The molecular weight excluding hydrogens is 288 g/mol. The van der Waals surface area contributed by atoms with Crippen molar-refractivity contribution in [3.8, 4) is 17.2 Å². The van der Waals surface area contributed by atoms with Gasteiger partial charge in [0.1, 0.15) is 17.0 Å². The molecule has 4 heteroatoms. The van der Waals surface area contributed by atoms with E-state index in [0.29, 0.717) is 0 Å². The fraction of sp³-hybridized carbons (Fsp3) is 0.0526. The summed E-state index contributed by atoms with van der Waals surface area (Å²) in [6.45, 7) is 0. The summed E-state index contributed by atoms with van der Waals surface area (Å²) < 4.78 is 11.4. The second kappa shape index (κ2) is 5.57. The van der Waals surface area contributed by atoms with Gasteiger partial charge in [0, 0.05) is 23.2 Å². The third-order valence-corrected chi connectivity index (χ3v) is 3.72. The molecule has 4 nitrogen and oxygen atoms in total. The molecule has 2 aromatic heterocycles. The lowest BCUT2D eigenvalue weighted by molar-refractivity contribution is 0.415. The standard InChI is InChI=1S/C19H14N2O2/c1-22-14-7-8-16-15(12-14)17(9-11-20-16)23-18-6-2-4-13-5-3-10-21-19(13)18/h2-12H,1H3. The van der Waals surface area contributed by atoms with Gasteiger partial charge in [0.25, 0.3) is 0 Å². The zero-order valence-corrected chi connectivity index (χ0v) is 12.6. The van der Waals surface area contributed by atoms with Gasteiger partial charge in [-0.05, 0) is 36.4 Å². The van der Waals surface area contributed by atoms with Crippen LogP contribution in [-0.2, 0) is 0 Å². The van der Waals surface area contributed by atoms with E-state index < -0.39 is 0 Å². The van der Waals surface area contributed by atoms with Crippen LogP contribution in [0.25, 0.3) is 21.8 Å². The average molecular weight is 302 g/mol. The first kappa shape index (κ1) is 13.5. The third-order valence-electron chi connectivity index (χ3n) is 3.72. The van der Waals surface area contributed by atoms with Gasteiger partial charge in [-0.2, -0.15) is 0 Å². The molecule has 0 atom stereocenters. The minimum Gasteiger partial charge on any atom is -0.497 e. The van der Waals surface area contributed by atoms with Gasteiger partial charge >= 0.3 is 0 Å². The molecule has 0 radical (unpaired) electrons. The second-order valence-electron chi connectivity index (χ2n) is 5.13. The molecule has 0 N–H and O–H groups in total. The molecule has 0 saturated carbocycles. The van der Waals surface area contributed by atoms with E-state index in [1.54, 1.807) is 19.5 Å². The highest BCUT2D eigenvalue weighted by molar-refractivity contribution is 5.88. The summed E-state index contributed by atoms with van der Waals surface area (Å²) >= 11 is 0. The van der Waals surface area contributed by atoms with E-state index in [1.165, 1.54) is 0 Å². The number of hydrogen-bond acceptors (Lipinski definition) is 4. The predicted molar refractivity (Wildman–Crippen MR) is 90.1 cm³/mol. The Hall–Kier alpha value is -3.14. The van der Waals surface area contributed by atoms with E-state index in [0.717, 1.165) is 39.1 Å². The maximum absolute atomic E-state index is 6.15. The molecule has 0 aliphatic rings. The second-order valence-corrected chi connectivity index (χ2v) is 5.13. The van der Waals surface area contributed by atoms with Gasteiger partial charge < -0.3 is 9.47 Å². The van der Waals surface area contributed by atoms with Gasteiger partial charge in [-0.25, -0.2) is 0 Å². The van der Waals surface area contributed by atoms with Gasteiger partial charge in [0.05, 0.1) is 12.6 Å². The van der Waals surface area contributed by atoms with E-state index in [2.05, 4.69) is 9.97 Å². The average Bonchev–Trinajstić information content (AvgIpc) is 2.62. The number of fused-ring (bicyclic) bond motifs is 2. The zero-order chi connectivity index (χ0) is 15.6. The molecule has 0 saturated heterocycles. The fourth-order valence-corrected chi connectivity index (χ4v) is 2.59. The Morgan fingerprint density at radius 2 is 1.74 bits per heavy atom. The number of hydrogen-bond donors (Lipinski definition) is 0. The van der Waals surface area contributed by atoms with Crippen LogP contribution in [0.3, 0.4) is 0 Å². The zero-order valence-electron chi connectivity index (χ0n) is 12.6. The number of methoxy groups -OCH3 is 1. The van der Waals surface area contributed by atoms with E-state index in [-0.39, 0.29) is 0 Å². The molecule has 0 fully saturated rings. The van der Waals surface area contributed by atoms with E-state index in [4.69, 9.17) is 9.47 Å². The van der Waals surface area contributed by atoms with Gasteiger partial charge in [-0.15, -0.1) is 0 Å². The molecule has 0 spiro atoms. The molecule has 0 amide bonds. The number of rotatable bonds is 3. The van der Waals surface area contributed by atoms with Crippen molar-refractivity contribution in [3.63, 3.8) is 0 Å². The van der Waals surface area contributed by atoms with Gasteiger partial charge in [0.2, 0.25) is 0 Å². The van der Waals surface area contributed by atoms with Crippen molar-refractivity contribution in [1.82, 2.24) is 9.97 Å². The summed E-state index contributed by atoms with van der Waals surface area (Å²) in [6.07, 6.45) is 3.51. The van der Waals surface area contributed by atoms with E-state index in [9.17, 15) is 0 Å². The normalized spacial score (nSPS) is 10.8. The van der Waals surface area contributed by atoms with Gasteiger partial charge in [-0.3, -0.25) is 9.97 Å². The minimum absolute atomic E-state index is 0.721. The van der Waals surface area contributed by atoms with Crippen LogP contribution in [0, 0.1) is 0 Å². The van der Waals surface area contributed by atoms with E-state index in [1.807, 2.05) is 54.6 Å². The molecular formula is C19H14N2O2. The summed E-state index contributed by atoms with van der Waals surface area (Å²) in [7, 11) is 1.65. The molecule has 23 heavy (non-hydrogen) atoms. The lowest BCUT2D eigenvalue weighted by Gasteiger charge is -2.11. The molecule has 0 unspecified atom stereocenters. The van der Waals surface area contributed by atoms with Crippen LogP contribution in [-0.4, -0.2) is 17.1 Å². The minimum atomic E-state index is 0.721. The van der Waals surface area contributed by atoms with Crippen LogP contribution >= 0.6 is 0 Å². The van der Waals surface area contributed by atoms with Crippen molar-refractivity contribution in [2.45, 2.75) is 0 Å². The summed E-state index contributed by atoms with van der Waals surface area (Å²) in [6, 6.07) is 17.4. The molecule has 0 bridgehead atoms. The van der Waals surface area contributed by atoms with Crippen LogP contribution in [0.2, 0.25) is 0 Å². The Labute approximate surface area is 133 Å². The van der Waals surface area contributed by atoms with Crippen LogP contribution in [0.1, 0.15) is 0 Å². The highest BCUT2D eigenvalue weighted by Crippen LogP contribution is 2.33. The van der Waals surface area contributed by atoms with Crippen molar-refractivity contribution in [2.24, 2.45) is 0 Å². The fourth-order valence-electron chi connectivity index (χ4n) is 2.59. The predicted octanol–water partition coefficient (Wildman–Crippen LogP) is 4.58. The van der Waals surface area contributed by atoms with Crippen molar-refractivity contribution >= 4 is 21.8 Å². The smallest absolute Gasteiger partial charge is 0.153 e. The first-order chi connectivity index (χ1) is 11.3. The first-order valence-electron chi connectivity index (χ1n) is 7.29. The quantitative estimate of drug-likeness (QED) is 0.555. The Kier molecular flexibility index (Phi) is 3.27. The molecule has 2 aromatic carbocycles. The third kappa shape index (κ3) is 2.44. The summed E-state index contributed by atoms with van der Waals surface area (Å²) in [5.74, 6) is 2.22. The summed E-state index contributed by atoms with van der Waals surface area (Å²) in [5, 5.41) is 1.95. The lowest BCUT2D eigenvalue weighted by atomic mass is 10.2. The van der Waals surface area contributed by atoms with Crippen LogP contribution < -0.4 is 9.47 Å². The molecule has 4 rings (SSSR count). The van der Waals surface area contributed by atoms with Crippen LogP contribution in [0.4, 0.5) is 0 Å². The maximum Gasteiger partial charge on any atom is 0.153 e. The number of para-hydroxylation sites is 1. The Morgan fingerprint density at radius 1 is 0.826 bits per heavy atom. The number of benzene rings is 2. The number of ether oxygens (including phenoxy) is 2. The maximum atomic E-state index is 6.15. The topological polar surface area (TPSA) is 44.2 Å². The molecule has 4 aromatic rings. The lowest BCUT2D eigenvalue weighted by Crippen LogP contribution is -1.91. The molecule has 0 aliphatic heterocycles. The summed E-state index contributed by atoms with van der Waals surface area (Å²) in [5.41, 5.74) is 1.69. The van der Waals surface area contributed by atoms with Crippen LogP contribution in [0.5, 0.6) is 17.2 Å². The Bertz CT molecular complexity index is 993. The van der Waals surface area contributed by atoms with Gasteiger partial charge in [0.15, 0.2) is 5.75 Å². The number of aromatic nitrogens is 2. The SMILES string of the molecule is COc1ccc2nccc(Oc3cccc4cccnc34)c2c1. The van der Waals surface area contributed by atoms with Crippen molar-refractivity contribution < 1.29 is 9.47 Å². The summed E-state index contributed by atoms with van der Waals surface area (Å²) in [4.78, 5) is 8.80. The molecule has 112 valence electrons.